The molecule has 0 aromatic rings. The van der Waals surface area contributed by atoms with Crippen molar-refractivity contribution in [1.82, 2.24) is 0 Å². The van der Waals surface area contributed by atoms with Gasteiger partial charge in [-0.15, -0.1) is 0 Å². The second-order valence-electron chi connectivity index (χ2n) is 4.84. The molecule has 3 heteroatoms. The van der Waals surface area contributed by atoms with Gasteiger partial charge in [0.1, 0.15) is 0 Å². The Morgan fingerprint density at radius 1 is 1.62 bits per heavy atom. The number of carbonyl (C=O) groups excluding carboxylic acids is 1. The smallest absolute Gasteiger partial charge is 0.190 e. The molecule has 1 heterocycles. The Hall–Kier alpha value is -0.280. The first-order valence-electron chi connectivity index (χ1n) is 6.19. The summed E-state index contributed by atoms with van der Waals surface area (Å²) in [7, 11) is 0. The molecule has 0 radical (unpaired) electrons. The van der Waals surface area contributed by atoms with Crippen molar-refractivity contribution in [2.24, 2.45) is 0 Å². The maximum Gasteiger partial charge on any atom is 0.190 e. The predicted octanol–water partition coefficient (Wildman–Crippen LogP) is 3.66. The fourth-order valence-electron chi connectivity index (χ4n) is 2.65. The van der Waals surface area contributed by atoms with Gasteiger partial charge in [0.15, 0.2) is 5.12 Å². The van der Waals surface area contributed by atoms with Gasteiger partial charge in [0.2, 0.25) is 0 Å². The Balaban J connectivity index is 1.93. The highest BCUT2D eigenvalue weighted by molar-refractivity contribution is 8.16. The largest absolute Gasteiger partial charge is 0.371 e. The molecule has 0 saturated carbocycles. The monoisotopic (exact) mass is 240 g/mol. The number of rotatable bonds is 2. The first-order chi connectivity index (χ1) is 7.63. The summed E-state index contributed by atoms with van der Waals surface area (Å²) in [5.41, 5.74) is 0.113. The van der Waals surface area contributed by atoms with Crippen molar-refractivity contribution >= 4 is 16.9 Å². The second kappa shape index (κ2) is 4.92. The molecule has 2 aliphatic rings. The van der Waals surface area contributed by atoms with Crippen molar-refractivity contribution in [3.63, 3.8) is 0 Å². The molecule has 1 aliphatic heterocycles. The maximum absolute atomic E-state index is 11.0. The van der Waals surface area contributed by atoms with Crippen LogP contribution in [0, 0.1) is 0 Å². The molecule has 2 atom stereocenters. The molecular weight excluding hydrogens is 220 g/mol. The van der Waals surface area contributed by atoms with Crippen LogP contribution in [0.3, 0.4) is 0 Å². The molecule has 0 aromatic heterocycles. The number of hydrogen-bond acceptors (Lipinski definition) is 3. The Kier molecular flexibility index (Phi) is 3.75. The zero-order valence-corrected chi connectivity index (χ0v) is 10.9. The van der Waals surface area contributed by atoms with Gasteiger partial charge in [0, 0.05) is 6.92 Å². The van der Waals surface area contributed by atoms with Gasteiger partial charge in [0.05, 0.1) is 11.7 Å². The van der Waals surface area contributed by atoms with Crippen LogP contribution in [0.2, 0.25) is 0 Å². The highest BCUT2D eigenvalue weighted by Crippen LogP contribution is 2.43. The van der Waals surface area contributed by atoms with Crippen molar-refractivity contribution in [2.75, 3.05) is 0 Å². The number of hydrogen-bond donors (Lipinski definition) is 0. The van der Waals surface area contributed by atoms with Crippen LogP contribution in [-0.2, 0) is 9.53 Å². The van der Waals surface area contributed by atoms with Crippen LogP contribution in [-0.4, -0.2) is 16.8 Å². The molecular formula is C13H20O2S. The van der Waals surface area contributed by atoms with E-state index in [1.807, 2.05) is 0 Å². The quantitative estimate of drug-likeness (QED) is 0.737. The summed E-state index contributed by atoms with van der Waals surface area (Å²) >= 11 is 1.39. The van der Waals surface area contributed by atoms with Crippen LogP contribution in [0.25, 0.3) is 0 Å². The van der Waals surface area contributed by atoms with Crippen LogP contribution >= 0.6 is 11.8 Å². The van der Waals surface area contributed by atoms with Crippen LogP contribution in [0.5, 0.6) is 0 Å². The Labute approximate surface area is 102 Å². The van der Waals surface area contributed by atoms with E-state index < -0.39 is 0 Å². The minimum absolute atomic E-state index is 0.113. The van der Waals surface area contributed by atoms with Crippen LogP contribution < -0.4 is 0 Å². The van der Waals surface area contributed by atoms with Crippen LogP contribution in [0.1, 0.15) is 52.4 Å². The third kappa shape index (κ3) is 2.69. The summed E-state index contributed by atoms with van der Waals surface area (Å²) in [6.45, 7) is 3.83. The molecule has 1 aliphatic carbocycles. The lowest BCUT2D eigenvalue weighted by Crippen LogP contribution is -2.30. The van der Waals surface area contributed by atoms with Crippen LogP contribution in [0.15, 0.2) is 11.0 Å². The van der Waals surface area contributed by atoms with E-state index in [0.717, 1.165) is 25.7 Å². The third-order valence-electron chi connectivity index (χ3n) is 3.60. The molecule has 0 aromatic carbocycles. The summed E-state index contributed by atoms with van der Waals surface area (Å²) in [5, 5.41) is 0.195. The van der Waals surface area contributed by atoms with E-state index in [1.165, 1.54) is 29.5 Å². The number of ether oxygens (including phenoxy) is 1. The molecule has 1 saturated heterocycles. The fourth-order valence-corrected chi connectivity index (χ4v) is 3.39. The van der Waals surface area contributed by atoms with Gasteiger partial charge in [-0.3, -0.25) is 4.79 Å². The summed E-state index contributed by atoms with van der Waals surface area (Å²) in [4.78, 5) is 12.3. The molecule has 0 bridgehead atoms. The summed E-state index contributed by atoms with van der Waals surface area (Å²) in [5.74, 6) is 0. The molecule has 1 fully saturated rings. The zero-order valence-electron chi connectivity index (χ0n) is 10.1. The van der Waals surface area contributed by atoms with E-state index in [1.54, 1.807) is 6.92 Å². The second-order valence-corrected chi connectivity index (χ2v) is 6.14. The van der Waals surface area contributed by atoms with E-state index in [9.17, 15) is 4.79 Å². The fraction of sp³-hybridized carbons (Fsp3) is 0.769. The van der Waals surface area contributed by atoms with E-state index >= 15 is 0 Å². The molecule has 0 N–H and O–H groups in total. The van der Waals surface area contributed by atoms with E-state index in [0.29, 0.717) is 6.10 Å². The standard InChI is InChI=1S/C13H20O2S/c1-3-11-4-7-13(15-11)8-5-12(6-9-13)16-10(2)14/h5,11H,3-4,6-9H2,1-2H3. The lowest BCUT2D eigenvalue weighted by molar-refractivity contribution is -0.109. The lowest BCUT2D eigenvalue weighted by Gasteiger charge is -2.32. The molecule has 2 unspecified atom stereocenters. The molecule has 90 valence electrons. The minimum atomic E-state index is 0.113. The predicted molar refractivity (Wildman–Crippen MR) is 67.3 cm³/mol. The minimum Gasteiger partial charge on any atom is -0.371 e. The third-order valence-corrected chi connectivity index (χ3v) is 4.52. The van der Waals surface area contributed by atoms with E-state index in [4.69, 9.17) is 4.74 Å². The summed E-state index contributed by atoms with van der Waals surface area (Å²) in [6.07, 6.45) is 9.32. The highest BCUT2D eigenvalue weighted by atomic mass is 32.2. The topological polar surface area (TPSA) is 26.3 Å². The van der Waals surface area contributed by atoms with Crippen molar-refractivity contribution in [3.8, 4) is 0 Å². The highest BCUT2D eigenvalue weighted by Gasteiger charge is 2.40. The molecule has 16 heavy (non-hydrogen) atoms. The van der Waals surface area contributed by atoms with Crippen molar-refractivity contribution in [1.29, 1.82) is 0 Å². The SMILES string of the molecule is CCC1CCC2(CC=C(SC(C)=O)CC2)O1. The van der Waals surface area contributed by atoms with Crippen molar-refractivity contribution in [2.45, 2.75) is 64.1 Å². The first kappa shape index (κ1) is 12.2. The molecule has 2 rings (SSSR count). The average Bonchev–Trinajstić information content (AvgIpc) is 2.65. The number of allylic oxidation sites excluding steroid dienone is 1. The van der Waals surface area contributed by atoms with Crippen LogP contribution in [0.4, 0.5) is 0 Å². The Morgan fingerprint density at radius 3 is 2.94 bits per heavy atom. The molecule has 0 amide bonds. The van der Waals surface area contributed by atoms with Gasteiger partial charge in [-0.2, -0.15) is 0 Å². The zero-order chi connectivity index (χ0) is 11.6. The number of thioether (sulfide) groups is 1. The normalized spacial score (nSPS) is 34.1. The van der Waals surface area contributed by atoms with Gasteiger partial charge < -0.3 is 4.74 Å². The summed E-state index contributed by atoms with van der Waals surface area (Å²) in [6, 6.07) is 0. The van der Waals surface area contributed by atoms with Gasteiger partial charge in [-0.25, -0.2) is 0 Å². The van der Waals surface area contributed by atoms with Gasteiger partial charge in [-0.1, -0.05) is 24.8 Å². The van der Waals surface area contributed by atoms with Gasteiger partial charge >= 0.3 is 0 Å². The number of carbonyl (C=O) groups is 1. The van der Waals surface area contributed by atoms with Gasteiger partial charge in [0.25, 0.3) is 0 Å². The Bertz CT molecular complexity index is 311. The summed E-state index contributed by atoms with van der Waals surface area (Å²) < 4.78 is 6.15. The first-order valence-corrected chi connectivity index (χ1v) is 7.00. The molecule has 1 spiro atoms. The van der Waals surface area contributed by atoms with Gasteiger partial charge in [-0.05, 0) is 43.4 Å². The van der Waals surface area contributed by atoms with E-state index in [2.05, 4.69) is 13.0 Å². The van der Waals surface area contributed by atoms with Crippen molar-refractivity contribution in [3.05, 3.63) is 11.0 Å². The lowest BCUT2D eigenvalue weighted by atomic mass is 9.86. The van der Waals surface area contributed by atoms with Crippen molar-refractivity contribution < 1.29 is 9.53 Å². The average molecular weight is 240 g/mol. The van der Waals surface area contributed by atoms with E-state index in [-0.39, 0.29) is 10.7 Å². The molecule has 2 nitrogen and oxygen atoms in total. The Morgan fingerprint density at radius 2 is 2.44 bits per heavy atom. The maximum atomic E-state index is 11.0.